The molecule has 3 rings (SSSR count). The maximum atomic E-state index is 14.1. The Morgan fingerprint density at radius 3 is 2.38 bits per heavy atom. The van der Waals surface area contributed by atoms with Gasteiger partial charge in [-0.25, -0.2) is 4.79 Å². The third kappa shape index (κ3) is 4.27. The summed E-state index contributed by atoms with van der Waals surface area (Å²) < 4.78 is 47.9. The monoisotopic (exact) mass is 455 g/mol. The number of halogens is 3. The summed E-state index contributed by atoms with van der Waals surface area (Å²) in [6.07, 6.45) is -3.37. The van der Waals surface area contributed by atoms with Crippen molar-refractivity contribution in [3.05, 3.63) is 29.8 Å². The highest BCUT2D eigenvalue weighted by Crippen LogP contribution is 2.39. The van der Waals surface area contributed by atoms with Crippen LogP contribution in [-0.2, 0) is 4.79 Å². The summed E-state index contributed by atoms with van der Waals surface area (Å²) in [6, 6.07) is 3.66. The zero-order valence-electron chi connectivity index (χ0n) is 18.5. The van der Waals surface area contributed by atoms with Crippen LogP contribution in [-0.4, -0.2) is 46.7 Å². The lowest BCUT2D eigenvalue weighted by Gasteiger charge is -2.38. The molecule has 0 spiro atoms. The SMILES string of the molecule is CC(C)Oc1ccc(C(=O)N[C@]2(C(F)(F)F)NC(=O)N([C@H]3CCC[C@H](C)[C@@H]3C)C2=O)cc1. The van der Waals surface area contributed by atoms with Gasteiger partial charge in [-0.2, -0.15) is 13.2 Å². The lowest BCUT2D eigenvalue weighted by molar-refractivity contribution is -0.201. The lowest BCUT2D eigenvalue weighted by atomic mass is 9.77. The molecule has 1 aliphatic carbocycles. The number of hydrogen-bond donors (Lipinski definition) is 2. The van der Waals surface area contributed by atoms with Gasteiger partial charge in [-0.1, -0.05) is 26.7 Å². The van der Waals surface area contributed by atoms with Crippen LogP contribution >= 0.6 is 0 Å². The molecule has 10 heteroatoms. The molecule has 0 unspecified atom stereocenters. The van der Waals surface area contributed by atoms with Gasteiger partial charge in [0.15, 0.2) is 0 Å². The van der Waals surface area contributed by atoms with Crippen molar-refractivity contribution in [2.75, 3.05) is 0 Å². The standard InChI is InChI=1S/C22H28F3N3O4/c1-12(2)32-16-10-8-15(9-11-16)18(29)26-21(22(23,24)25)19(30)28(20(31)27-21)17-7-5-6-13(3)14(17)4/h8-14,17H,5-7H2,1-4H3,(H,26,29)(H,27,31)/t13-,14-,17-,21-/m0/s1. The van der Waals surface area contributed by atoms with Gasteiger partial charge in [-0.05, 0) is 56.4 Å². The minimum absolute atomic E-state index is 0.107. The number of amides is 4. The van der Waals surface area contributed by atoms with E-state index in [1.807, 2.05) is 27.7 Å². The first-order valence-corrected chi connectivity index (χ1v) is 10.7. The van der Waals surface area contributed by atoms with Gasteiger partial charge >= 0.3 is 12.2 Å². The number of benzene rings is 1. The zero-order chi connectivity index (χ0) is 23.8. The van der Waals surface area contributed by atoms with Gasteiger partial charge in [0.25, 0.3) is 17.5 Å². The summed E-state index contributed by atoms with van der Waals surface area (Å²) in [6.45, 7) is 7.38. The van der Waals surface area contributed by atoms with Crippen LogP contribution in [0, 0.1) is 11.8 Å². The fourth-order valence-electron chi connectivity index (χ4n) is 4.31. The van der Waals surface area contributed by atoms with Crippen molar-refractivity contribution in [2.45, 2.75) is 70.9 Å². The van der Waals surface area contributed by atoms with E-state index in [9.17, 15) is 27.6 Å². The summed E-state index contributed by atoms with van der Waals surface area (Å²) in [5.74, 6) is -2.21. The Kier molecular flexibility index (Phi) is 6.44. The van der Waals surface area contributed by atoms with Crippen molar-refractivity contribution in [2.24, 2.45) is 11.8 Å². The number of ether oxygens (including phenoxy) is 1. The van der Waals surface area contributed by atoms with Crippen LogP contribution in [0.4, 0.5) is 18.0 Å². The largest absolute Gasteiger partial charge is 0.491 e. The van der Waals surface area contributed by atoms with Gasteiger partial charge in [0.05, 0.1) is 6.10 Å². The van der Waals surface area contributed by atoms with E-state index in [1.165, 1.54) is 24.3 Å². The molecule has 2 N–H and O–H groups in total. The van der Waals surface area contributed by atoms with E-state index in [1.54, 1.807) is 10.6 Å². The fraction of sp³-hybridized carbons (Fsp3) is 0.591. The number of alkyl halides is 3. The number of carbonyl (C=O) groups excluding carboxylic acids is 3. The topological polar surface area (TPSA) is 87.7 Å². The lowest BCUT2D eigenvalue weighted by Crippen LogP contribution is -2.69. The Bertz CT molecular complexity index is 887. The number of carbonyl (C=O) groups is 3. The molecule has 32 heavy (non-hydrogen) atoms. The Balaban J connectivity index is 1.88. The van der Waals surface area contributed by atoms with E-state index < -0.39 is 35.7 Å². The summed E-state index contributed by atoms with van der Waals surface area (Å²) >= 11 is 0. The maximum Gasteiger partial charge on any atom is 0.440 e. The minimum Gasteiger partial charge on any atom is -0.491 e. The van der Waals surface area contributed by atoms with Gasteiger partial charge in [-0.15, -0.1) is 0 Å². The Hall–Kier alpha value is -2.78. The second kappa shape index (κ2) is 8.63. The van der Waals surface area contributed by atoms with Crippen molar-refractivity contribution in [3.63, 3.8) is 0 Å². The molecule has 4 atom stereocenters. The minimum atomic E-state index is -5.24. The highest BCUT2D eigenvalue weighted by molar-refractivity contribution is 6.10. The molecular formula is C22H28F3N3O4. The Morgan fingerprint density at radius 1 is 1.19 bits per heavy atom. The molecule has 0 bridgehead atoms. The first-order chi connectivity index (χ1) is 14.9. The molecule has 1 aromatic carbocycles. The van der Waals surface area contributed by atoms with Gasteiger partial charge in [-0.3, -0.25) is 19.8 Å². The van der Waals surface area contributed by atoms with Crippen molar-refractivity contribution >= 4 is 17.8 Å². The van der Waals surface area contributed by atoms with Crippen molar-refractivity contribution in [1.82, 2.24) is 15.5 Å². The molecular weight excluding hydrogens is 427 g/mol. The first kappa shape index (κ1) is 23.9. The number of imide groups is 1. The molecule has 2 fully saturated rings. The molecule has 176 valence electrons. The molecule has 0 radical (unpaired) electrons. The van der Waals surface area contributed by atoms with Crippen LogP contribution in [0.5, 0.6) is 5.75 Å². The number of hydrogen-bond acceptors (Lipinski definition) is 4. The van der Waals surface area contributed by atoms with Crippen molar-refractivity contribution < 1.29 is 32.3 Å². The summed E-state index contributed by atoms with van der Waals surface area (Å²) in [5, 5.41) is 3.49. The maximum absolute atomic E-state index is 14.1. The average Bonchev–Trinajstić information content (AvgIpc) is 2.95. The van der Waals surface area contributed by atoms with Crippen molar-refractivity contribution in [3.8, 4) is 5.75 Å². The third-order valence-electron chi connectivity index (χ3n) is 6.26. The van der Waals surface area contributed by atoms with E-state index in [-0.39, 0.29) is 23.5 Å². The second-order valence-corrected chi connectivity index (χ2v) is 8.83. The van der Waals surface area contributed by atoms with Crippen molar-refractivity contribution in [1.29, 1.82) is 0 Å². The Labute approximate surface area is 184 Å². The number of nitrogens with zero attached hydrogens (tertiary/aromatic N) is 1. The van der Waals surface area contributed by atoms with Gasteiger partial charge < -0.3 is 10.1 Å². The Morgan fingerprint density at radius 2 is 1.81 bits per heavy atom. The average molecular weight is 455 g/mol. The van der Waals surface area contributed by atoms with E-state index in [0.29, 0.717) is 23.5 Å². The molecule has 1 saturated carbocycles. The predicted octanol–water partition coefficient (Wildman–Crippen LogP) is 3.84. The smallest absolute Gasteiger partial charge is 0.440 e. The van der Waals surface area contributed by atoms with E-state index in [2.05, 4.69) is 0 Å². The van der Waals surface area contributed by atoms with Crippen LogP contribution in [0.15, 0.2) is 24.3 Å². The van der Waals surface area contributed by atoms with Gasteiger partial charge in [0, 0.05) is 11.6 Å². The molecule has 1 aromatic rings. The van der Waals surface area contributed by atoms with Gasteiger partial charge in [0.2, 0.25) is 0 Å². The molecule has 1 aliphatic heterocycles. The third-order valence-corrected chi connectivity index (χ3v) is 6.26. The fourth-order valence-corrected chi connectivity index (χ4v) is 4.31. The normalized spacial score (nSPS) is 28.6. The quantitative estimate of drug-likeness (QED) is 0.661. The van der Waals surface area contributed by atoms with Crippen LogP contribution in [0.25, 0.3) is 0 Å². The van der Waals surface area contributed by atoms with Crippen LogP contribution < -0.4 is 15.4 Å². The summed E-state index contributed by atoms with van der Waals surface area (Å²) in [7, 11) is 0. The zero-order valence-corrected chi connectivity index (χ0v) is 18.5. The number of nitrogens with one attached hydrogen (secondary N) is 2. The summed E-state index contributed by atoms with van der Waals surface area (Å²) in [5.41, 5.74) is -3.63. The van der Waals surface area contributed by atoms with E-state index in [0.717, 1.165) is 6.42 Å². The number of urea groups is 1. The molecule has 7 nitrogen and oxygen atoms in total. The first-order valence-electron chi connectivity index (χ1n) is 10.7. The molecule has 1 saturated heterocycles. The molecule has 1 heterocycles. The van der Waals surface area contributed by atoms with E-state index >= 15 is 0 Å². The van der Waals surface area contributed by atoms with Crippen LogP contribution in [0.1, 0.15) is 57.3 Å². The highest BCUT2D eigenvalue weighted by atomic mass is 19.4. The molecule has 4 amide bonds. The van der Waals surface area contributed by atoms with Crippen LogP contribution in [0.2, 0.25) is 0 Å². The number of rotatable bonds is 5. The summed E-state index contributed by atoms with van der Waals surface area (Å²) in [4.78, 5) is 39.0. The van der Waals surface area contributed by atoms with Gasteiger partial charge in [0.1, 0.15) is 5.75 Å². The molecule has 0 aromatic heterocycles. The predicted molar refractivity (Wildman–Crippen MR) is 110 cm³/mol. The molecule has 2 aliphatic rings. The van der Waals surface area contributed by atoms with Crippen LogP contribution in [0.3, 0.4) is 0 Å². The highest BCUT2D eigenvalue weighted by Gasteiger charge is 2.69. The second-order valence-electron chi connectivity index (χ2n) is 8.83. The van der Waals surface area contributed by atoms with E-state index in [4.69, 9.17) is 4.74 Å².